The van der Waals surface area contributed by atoms with Gasteiger partial charge in [-0.3, -0.25) is 9.69 Å². The maximum absolute atomic E-state index is 12.6. The molecule has 2 aromatic carbocycles. The smallest absolute Gasteiger partial charge is 0.274 e. The van der Waals surface area contributed by atoms with Crippen molar-refractivity contribution in [2.75, 3.05) is 19.7 Å². The Balaban J connectivity index is 1.69. The summed E-state index contributed by atoms with van der Waals surface area (Å²) in [5.74, 6) is 0.464. The van der Waals surface area contributed by atoms with E-state index in [4.69, 9.17) is 10.8 Å². The summed E-state index contributed by atoms with van der Waals surface area (Å²) < 4.78 is 1.27. The zero-order chi connectivity index (χ0) is 24.9. The molecule has 3 aromatic rings. The molecule has 0 fully saturated rings. The second-order valence-electron chi connectivity index (χ2n) is 8.88. The zero-order valence-corrected chi connectivity index (χ0v) is 20.3. The van der Waals surface area contributed by atoms with E-state index in [0.29, 0.717) is 17.6 Å². The second kappa shape index (κ2) is 10.9. The molecule has 0 bridgehead atoms. The van der Waals surface area contributed by atoms with Crippen molar-refractivity contribution < 1.29 is 10.2 Å². The molecular formula is C27H33N5O3. The number of fused-ring (bicyclic) bond motifs is 2. The van der Waals surface area contributed by atoms with Gasteiger partial charge in [0.05, 0.1) is 30.4 Å². The van der Waals surface area contributed by atoms with Crippen molar-refractivity contribution in [2.24, 2.45) is 10.7 Å². The van der Waals surface area contributed by atoms with E-state index in [0.717, 1.165) is 59.3 Å². The molecule has 0 saturated carbocycles. The third kappa shape index (κ3) is 5.35. The molecule has 8 nitrogen and oxygen atoms in total. The highest BCUT2D eigenvalue weighted by atomic mass is 16.3. The molecule has 1 atom stereocenters. The van der Waals surface area contributed by atoms with Crippen LogP contribution in [0.15, 0.2) is 58.0 Å². The maximum atomic E-state index is 12.6. The van der Waals surface area contributed by atoms with Gasteiger partial charge in [-0.2, -0.15) is 5.10 Å². The Morgan fingerprint density at radius 2 is 1.83 bits per heavy atom. The van der Waals surface area contributed by atoms with Crippen LogP contribution >= 0.6 is 0 Å². The van der Waals surface area contributed by atoms with Crippen LogP contribution < -0.4 is 11.3 Å². The summed E-state index contributed by atoms with van der Waals surface area (Å²) in [5, 5.41) is 25.6. The van der Waals surface area contributed by atoms with Gasteiger partial charge in [0.15, 0.2) is 0 Å². The van der Waals surface area contributed by atoms with Crippen molar-refractivity contribution in [3.8, 4) is 11.1 Å². The average molecular weight is 476 g/mol. The lowest BCUT2D eigenvalue weighted by Gasteiger charge is -2.28. The number of hydrogen-bond donors (Lipinski definition) is 3. The second-order valence-corrected chi connectivity index (χ2v) is 8.88. The lowest BCUT2D eigenvalue weighted by Crippen LogP contribution is -2.38. The minimum Gasteiger partial charge on any atom is -0.394 e. The summed E-state index contributed by atoms with van der Waals surface area (Å²) >= 11 is 0. The molecule has 4 rings (SSSR count). The van der Waals surface area contributed by atoms with E-state index in [1.165, 1.54) is 4.68 Å². The van der Waals surface area contributed by atoms with Crippen molar-refractivity contribution in [3.63, 3.8) is 0 Å². The Kier molecular flexibility index (Phi) is 7.75. The van der Waals surface area contributed by atoms with Crippen molar-refractivity contribution in [2.45, 2.75) is 45.9 Å². The first-order valence-electron chi connectivity index (χ1n) is 12.2. The normalized spacial score (nSPS) is 14.4. The van der Waals surface area contributed by atoms with Crippen molar-refractivity contribution in [3.05, 3.63) is 64.1 Å². The molecule has 8 heteroatoms. The number of rotatable bonds is 9. The van der Waals surface area contributed by atoms with Crippen LogP contribution in [0.4, 0.5) is 5.69 Å². The van der Waals surface area contributed by atoms with Gasteiger partial charge >= 0.3 is 0 Å². The molecule has 1 aromatic heterocycles. The average Bonchev–Trinajstić information content (AvgIpc) is 3.02. The molecule has 4 N–H and O–H groups in total. The van der Waals surface area contributed by atoms with Crippen LogP contribution in [-0.4, -0.2) is 56.7 Å². The molecule has 1 aliphatic rings. The Morgan fingerprint density at radius 1 is 1.11 bits per heavy atom. The number of nitrogens with two attached hydrogens (primary N) is 1. The van der Waals surface area contributed by atoms with Crippen LogP contribution in [0, 0.1) is 0 Å². The predicted octanol–water partition coefficient (Wildman–Crippen LogP) is 3.27. The van der Waals surface area contributed by atoms with Crippen LogP contribution in [-0.2, 0) is 6.54 Å². The van der Waals surface area contributed by atoms with Crippen LogP contribution in [0.25, 0.3) is 28.0 Å². The van der Waals surface area contributed by atoms with E-state index in [2.05, 4.69) is 28.8 Å². The highest BCUT2D eigenvalue weighted by Crippen LogP contribution is 2.33. The molecule has 35 heavy (non-hydrogen) atoms. The van der Waals surface area contributed by atoms with E-state index < -0.39 is 6.23 Å². The van der Waals surface area contributed by atoms with Crippen LogP contribution in [0.1, 0.15) is 38.7 Å². The van der Waals surface area contributed by atoms with Gasteiger partial charge < -0.3 is 15.9 Å². The Bertz CT molecular complexity index is 1320. The van der Waals surface area contributed by atoms with E-state index in [1.807, 2.05) is 36.4 Å². The summed E-state index contributed by atoms with van der Waals surface area (Å²) in [7, 11) is 0. The lowest BCUT2D eigenvalue weighted by molar-refractivity contribution is 0.0323. The number of hydrogen-bond acceptors (Lipinski definition) is 7. The van der Waals surface area contributed by atoms with Crippen molar-refractivity contribution in [1.82, 2.24) is 14.7 Å². The molecule has 2 heterocycles. The first-order valence-corrected chi connectivity index (χ1v) is 12.2. The minimum atomic E-state index is -0.697. The molecule has 0 saturated heterocycles. The van der Waals surface area contributed by atoms with Gasteiger partial charge in [-0.15, -0.1) is 0 Å². The number of benzene rings is 2. The lowest BCUT2D eigenvalue weighted by atomic mass is 9.99. The highest BCUT2D eigenvalue weighted by molar-refractivity contribution is 5.92. The zero-order valence-electron chi connectivity index (χ0n) is 20.3. The van der Waals surface area contributed by atoms with Gasteiger partial charge in [0.1, 0.15) is 12.1 Å². The fourth-order valence-corrected chi connectivity index (χ4v) is 4.55. The summed E-state index contributed by atoms with van der Waals surface area (Å²) in [6.07, 6.45) is 5.28. The van der Waals surface area contributed by atoms with Crippen LogP contribution in [0.5, 0.6) is 0 Å². The van der Waals surface area contributed by atoms with Gasteiger partial charge in [0.25, 0.3) is 5.56 Å². The number of aliphatic hydroxyl groups is 2. The number of aliphatic hydroxyl groups excluding tert-OH is 2. The van der Waals surface area contributed by atoms with E-state index in [1.54, 1.807) is 12.3 Å². The Hall–Kier alpha value is -3.33. The summed E-state index contributed by atoms with van der Waals surface area (Å²) in [4.78, 5) is 19.3. The highest BCUT2D eigenvalue weighted by Gasteiger charge is 2.22. The quantitative estimate of drug-likeness (QED) is 0.409. The molecule has 1 aliphatic heterocycles. The number of nitrogens with zero attached hydrogens (tertiary/aromatic N) is 4. The van der Waals surface area contributed by atoms with Gasteiger partial charge in [-0.25, -0.2) is 9.67 Å². The summed E-state index contributed by atoms with van der Waals surface area (Å²) in [6.45, 7) is 5.87. The van der Waals surface area contributed by atoms with Crippen LogP contribution in [0.2, 0.25) is 0 Å². The molecule has 0 spiro atoms. The number of aromatic nitrogens is 2. The van der Waals surface area contributed by atoms with Gasteiger partial charge in [0.2, 0.25) is 0 Å². The van der Waals surface area contributed by atoms with Gasteiger partial charge in [0, 0.05) is 30.5 Å². The fourth-order valence-electron chi connectivity index (χ4n) is 4.55. The Morgan fingerprint density at radius 3 is 2.54 bits per heavy atom. The predicted molar refractivity (Wildman–Crippen MR) is 141 cm³/mol. The molecule has 0 aliphatic carbocycles. The first-order chi connectivity index (χ1) is 16.9. The Labute approximate surface area is 205 Å². The SMILES string of the molecule is CCCN(CCC)C(O)C1=Cc2ccc(-c3ccc4c(=O)n(CCO)ncc4c3)cc2N=C(N)C1. The standard InChI is InChI=1S/C27H33N5O3/c1-3-9-31(10-4-2)26(34)21-14-20-6-5-19(15-24(20)30-25(28)16-21)18-7-8-23-22(13-18)17-29-32(11-12-33)27(23)35/h5-8,13-15,17,26,33-34H,3-4,9-12,16H2,1-2H3,(H2,28,30). The van der Waals surface area contributed by atoms with Crippen molar-refractivity contribution >= 4 is 28.4 Å². The molecule has 184 valence electrons. The van der Waals surface area contributed by atoms with Crippen LogP contribution in [0.3, 0.4) is 0 Å². The van der Waals surface area contributed by atoms with Gasteiger partial charge in [-0.05, 0) is 53.8 Å². The molecule has 0 radical (unpaired) electrons. The van der Waals surface area contributed by atoms with Gasteiger partial charge in [-0.1, -0.05) is 32.0 Å². The first kappa shape index (κ1) is 24.8. The van der Waals surface area contributed by atoms with E-state index in [-0.39, 0.29) is 18.7 Å². The maximum Gasteiger partial charge on any atom is 0.274 e. The third-order valence-corrected chi connectivity index (χ3v) is 6.22. The number of amidine groups is 1. The third-order valence-electron chi connectivity index (χ3n) is 6.22. The summed E-state index contributed by atoms with van der Waals surface area (Å²) in [5.41, 5.74) is 10.4. The number of aliphatic imine (C=N–C) groups is 1. The minimum absolute atomic E-state index is 0.141. The topological polar surface area (TPSA) is 117 Å². The van der Waals surface area contributed by atoms with E-state index in [9.17, 15) is 9.90 Å². The molecular weight excluding hydrogens is 442 g/mol. The molecule has 0 amide bonds. The monoisotopic (exact) mass is 475 g/mol. The summed E-state index contributed by atoms with van der Waals surface area (Å²) in [6, 6.07) is 11.6. The largest absolute Gasteiger partial charge is 0.394 e. The van der Waals surface area contributed by atoms with E-state index >= 15 is 0 Å². The fraction of sp³-hybridized carbons (Fsp3) is 0.370. The molecule has 1 unspecified atom stereocenters. The van der Waals surface area contributed by atoms with Crippen molar-refractivity contribution in [1.29, 1.82) is 0 Å².